The van der Waals surface area contributed by atoms with E-state index in [4.69, 9.17) is 13.6 Å². The summed E-state index contributed by atoms with van der Waals surface area (Å²) in [6.45, 7) is -3.32. The van der Waals surface area contributed by atoms with Crippen LogP contribution in [0.4, 0.5) is 171 Å². The summed E-state index contributed by atoms with van der Waals surface area (Å²) in [5.41, 5.74) is 0. The molecule has 0 aromatic carbocycles. The Morgan fingerprint density at radius 2 is 0.350 bits per heavy atom. The number of hydrogen-bond donors (Lipinski definition) is 0. The average Bonchev–Trinajstić information content (AvgIpc) is 3.25. The molecule has 0 heterocycles. The molecule has 0 bridgehead atoms. The van der Waals surface area contributed by atoms with Gasteiger partial charge in [-0.25, -0.2) is 4.57 Å². The van der Waals surface area contributed by atoms with Crippen LogP contribution in [0.1, 0.15) is 96.3 Å². The Morgan fingerprint density at radius 3 is 0.512 bits per heavy atom. The molecular weight excluding hydrogens is 1270 g/mol. The predicted octanol–water partition coefficient (Wildman–Crippen LogP) is 19.2. The zero-order valence-corrected chi connectivity index (χ0v) is 39.4. The van der Waals surface area contributed by atoms with Gasteiger partial charge in [-0.05, 0) is 38.5 Å². The predicted molar refractivity (Wildman–Crippen MR) is 187 cm³/mol. The van der Waals surface area contributed by atoms with Crippen LogP contribution < -0.4 is 0 Å². The molecule has 0 aliphatic carbocycles. The highest BCUT2D eigenvalue weighted by Crippen LogP contribution is 2.64. The first-order chi connectivity index (χ1) is 34.9. The molecule has 0 atom stereocenters. The highest BCUT2D eigenvalue weighted by Gasteiger charge is 2.93. The monoisotopic (exact) mass is 1300 g/mol. The van der Waals surface area contributed by atoms with E-state index in [1.807, 2.05) is 0 Å². The van der Waals surface area contributed by atoms with Gasteiger partial charge in [-0.2, -0.15) is 171 Å². The van der Waals surface area contributed by atoms with Crippen molar-refractivity contribution in [1.29, 1.82) is 0 Å². The Hall–Kier alpha value is -2.62. The number of unbranched alkanes of at least 4 members (excludes halogenated alkanes) is 9. The van der Waals surface area contributed by atoms with Gasteiger partial charge < -0.3 is 0 Å². The van der Waals surface area contributed by atoms with Crippen molar-refractivity contribution >= 4 is 7.82 Å². The molecule has 482 valence electrons. The van der Waals surface area contributed by atoms with Crippen molar-refractivity contribution in [1.82, 2.24) is 0 Å². The van der Waals surface area contributed by atoms with Crippen LogP contribution in [0.2, 0.25) is 0 Å². The summed E-state index contributed by atoms with van der Waals surface area (Å²) in [7, 11) is -5.26. The molecule has 0 rings (SSSR count). The molecular formula is C36H36F39O4P. The van der Waals surface area contributed by atoms with Gasteiger partial charge in [-0.3, -0.25) is 13.6 Å². The summed E-state index contributed by atoms with van der Waals surface area (Å²) in [5, 5.41) is 0. The van der Waals surface area contributed by atoms with Crippen molar-refractivity contribution < 1.29 is 189 Å². The van der Waals surface area contributed by atoms with Gasteiger partial charge in [0, 0.05) is 19.3 Å². The lowest BCUT2D eigenvalue weighted by Crippen LogP contribution is -2.70. The summed E-state index contributed by atoms with van der Waals surface area (Å²) >= 11 is 0. The van der Waals surface area contributed by atoms with E-state index in [0.29, 0.717) is 0 Å². The minimum Gasteiger partial charge on any atom is -0.287 e. The average molecular weight is 1300 g/mol. The maximum absolute atomic E-state index is 14.1. The molecule has 0 aliphatic heterocycles. The van der Waals surface area contributed by atoms with Gasteiger partial charge in [0.15, 0.2) is 0 Å². The van der Waals surface area contributed by atoms with E-state index >= 15 is 0 Å². The Labute approximate surface area is 421 Å². The fourth-order valence-corrected chi connectivity index (χ4v) is 7.21. The lowest BCUT2D eigenvalue weighted by molar-refractivity contribution is -0.440. The number of halogens is 39. The van der Waals surface area contributed by atoms with E-state index in [2.05, 4.69) is 0 Å². The first kappa shape index (κ1) is 77.4. The van der Waals surface area contributed by atoms with Gasteiger partial charge in [0.05, 0.1) is 19.8 Å². The van der Waals surface area contributed by atoms with Crippen molar-refractivity contribution in [2.75, 3.05) is 19.8 Å². The summed E-state index contributed by atoms with van der Waals surface area (Å²) in [6, 6.07) is 0. The summed E-state index contributed by atoms with van der Waals surface area (Å²) in [6.07, 6.45) is -42.9. The van der Waals surface area contributed by atoms with E-state index in [-0.39, 0.29) is 0 Å². The molecule has 4 nitrogen and oxygen atoms in total. The molecule has 0 aromatic rings. The third-order valence-corrected chi connectivity index (χ3v) is 12.4. The van der Waals surface area contributed by atoms with E-state index in [1.165, 1.54) is 0 Å². The van der Waals surface area contributed by atoms with Crippen molar-refractivity contribution in [3.05, 3.63) is 0 Å². The standard InChI is InChI=1S/C36H36F39O4P/c37-19(38,22(43,44)25(49,50)28(55,56)31(61,62)34(67,68)69)13-7-1-4-10-16-77-80(76,78-17-11-5-2-8-14-20(39,40)23(45,46)26(51,52)29(57,58)32(63,64)35(70,71)72)79-18-12-6-3-9-15-21(41,42)24(47,48)27(53,54)30(59,60)33(65,66)36(73,74)75/h1-18H2. The van der Waals surface area contributed by atoms with Gasteiger partial charge >= 0.3 is 115 Å². The lowest BCUT2D eigenvalue weighted by atomic mass is 9.91. The van der Waals surface area contributed by atoms with Crippen molar-refractivity contribution in [3.63, 3.8) is 0 Å². The zero-order valence-electron chi connectivity index (χ0n) is 38.5. The number of phosphoric acid groups is 1. The molecule has 0 unspecified atom stereocenters. The zero-order chi connectivity index (χ0) is 64.3. The Kier molecular flexibility index (Phi) is 24.0. The first-order valence-corrected chi connectivity index (χ1v) is 22.7. The summed E-state index contributed by atoms with van der Waals surface area (Å²) < 4.78 is 547. The van der Waals surface area contributed by atoms with Gasteiger partial charge in [0.2, 0.25) is 0 Å². The van der Waals surface area contributed by atoms with E-state index < -0.39 is 231 Å². The molecule has 0 fully saturated rings. The molecule has 0 amide bonds. The normalized spacial score (nSPS) is 16.0. The number of rotatable bonds is 36. The maximum Gasteiger partial charge on any atom is 0.474 e. The largest absolute Gasteiger partial charge is 0.474 e. The van der Waals surface area contributed by atoms with Crippen LogP contribution in [0.3, 0.4) is 0 Å². The number of phosphoric ester groups is 1. The first-order valence-electron chi connectivity index (χ1n) is 21.3. The number of hydrogen-bond acceptors (Lipinski definition) is 4. The van der Waals surface area contributed by atoms with E-state index in [9.17, 15) is 176 Å². The SMILES string of the molecule is O=P(OCCCCCCC(F)(F)C(F)(F)C(F)(F)C(F)(F)C(F)(F)C(F)(F)F)(OCCCCCCC(F)(F)C(F)(F)C(F)(F)C(F)(F)C(F)(F)C(F)(F)F)OCCCCCCC(F)(F)C(F)(F)C(F)(F)C(F)(F)C(F)(F)C(F)(F)F. The van der Waals surface area contributed by atoms with Crippen LogP contribution in [-0.4, -0.2) is 127 Å². The van der Waals surface area contributed by atoms with Crippen molar-refractivity contribution in [2.45, 2.75) is 204 Å². The minimum atomic E-state index is -8.21. The second-order valence-electron chi connectivity index (χ2n) is 16.9. The summed E-state index contributed by atoms with van der Waals surface area (Å²) in [4.78, 5) is 0. The molecule has 0 aliphatic rings. The molecule has 0 radical (unpaired) electrons. The van der Waals surface area contributed by atoms with Crippen LogP contribution in [0, 0.1) is 0 Å². The molecule has 80 heavy (non-hydrogen) atoms. The number of alkyl halides is 39. The molecule has 0 saturated heterocycles. The minimum absolute atomic E-state index is 0.726. The second-order valence-corrected chi connectivity index (χ2v) is 18.6. The fraction of sp³-hybridized carbons (Fsp3) is 1.00. The lowest BCUT2D eigenvalue weighted by Gasteiger charge is -2.39. The van der Waals surface area contributed by atoms with Crippen molar-refractivity contribution in [2.24, 2.45) is 0 Å². The maximum atomic E-state index is 14.1. The van der Waals surface area contributed by atoms with Gasteiger partial charge in [-0.15, -0.1) is 0 Å². The Bertz CT molecular complexity index is 1770. The smallest absolute Gasteiger partial charge is 0.287 e. The van der Waals surface area contributed by atoms with Crippen LogP contribution in [0.25, 0.3) is 0 Å². The van der Waals surface area contributed by atoms with Crippen LogP contribution in [0.15, 0.2) is 0 Å². The molecule has 44 heteroatoms. The Morgan fingerprint density at radius 1 is 0.200 bits per heavy atom. The van der Waals surface area contributed by atoms with Gasteiger partial charge in [-0.1, -0.05) is 38.5 Å². The molecule has 0 saturated carbocycles. The molecule has 0 spiro atoms. The van der Waals surface area contributed by atoms with Crippen molar-refractivity contribution in [3.8, 4) is 0 Å². The summed E-state index contributed by atoms with van der Waals surface area (Å²) in [5.74, 6) is -115. The third kappa shape index (κ3) is 14.7. The van der Waals surface area contributed by atoms with Gasteiger partial charge in [0.1, 0.15) is 0 Å². The van der Waals surface area contributed by atoms with Gasteiger partial charge in [0.25, 0.3) is 0 Å². The third-order valence-electron chi connectivity index (χ3n) is 10.9. The highest BCUT2D eigenvalue weighted by molar-refractivity contribution is 7.48. The topological polar surface area (TPSA) is 44.8 Å². The molecule has 0 N–H and O–H groups in total. The van der Waals surface area contributed by atoms with Crippen LogP contribution in [0.5, 0.6) is 0 Å². The fourth-order valence-electron chi connectivity index (χ4n) is 5.93. The highest BCUT2D eigenvalue weighted by atomic mass is 31.2. The Balaban J connectivity index is 5.96. The van der Waals surface area contributed by atoms with E-state index in [1.54, 1.807) is 0 Å². The van der Waals surface area contributed by atoms with E-state index in [0.717, 1.165) is 0 Å². The molecule has 0 aromatic heterocycles. The van der Waals surface area contributed by atoms with Crippen LogP contribution >= 0.6 is 7.82 Å². The quantitative estimate of drug-likeness (QED) is 0.0356. The van der Waals surface area contributed by atoms with Crippen LogP contribution in [-0.2, 0) is 18.1 Å². The second kappa shape index (κ2) is 24.8.